The molecule has 1 aliphatic rings. The molecule has 0 aromatic carbocycles. The second kappa shape index (κ2) is 7.24. The molecule has 0 saturated carbocycles. The molecule has 1 saturated heterocycles. The summed E-state index contributed by atoms with van der Waals surface area (Å²) in [5, 5.41) is 20.6. The number of aromatic nitrogens is 4. The van der Waals surface area contributed by atoms with Crippen molar-refractivity contribution in [2.75, 3.05) is 13.6 Å². The lowest BCUT2D eigenvalue weighted by molar-refractivity contribution is -0.142. The molecule has 2 N–H and O–H groups in total. The van der Waals surface area contributed by atoms with Crippen LogP contribution >= 0.6 is 0 Å². The first kappa shape index (κ1) is 18.1. The van der Waals surface area contributed by atoms with E-state index in [2.05, 4.69) is 20.6 Å². The molecule has 3 heterocycles. The molecule has 2 aromatic rings. The van der Waals surface area contributed by atoms with E-state index in [1.807, 2.05) is 13.8 Å². The number of carbonyl (C=O) groups is 2. The van der Waals surface area contributed by atoms with Crippen molar-refractivity contribution in [3.63, 3.8) is 0 Å². The molecule has 3 atom stereocenters. The minimum atomic E-state index is -0.729. The normalized spacial score (nSPS) is 21.2. The average Bonchev–Trinajstić information content (AvgIpc) is 3.33. The first-order valence-electron chi connectivity index (χ1n) is 8.44. The van der Waals surface area contributed by atoms with Crippen molar-refractivity contribution in [2.45, 2.75) is 38.5 Å². The van der Waals surface area contributed by atoms with Gasteiger partial charge in [0.2, 0.25) is 17.7 Å². The van der Waals surface area contributed by atoms with E-state index in [9.17, 15) is 14.7 Å². The highest BCUT2D eigenvalue weighted by Gasteiger charge is 2.42. The summed E-state index contributed by atoms with van der Waals surface area (Å²) in [7, 11) is 1.51. The zero-order valence-electron chi connectivity index (χ0n) is 14.9. The van der Waals surface area contributed by atoms with E-state index >= 15 is 0 Å². The van der Waals surface area contributed by atoms with Gasteiger partial charge in [-0.1, -0.05) is 19.1 Å². The standard InChI is InChI=1S/C16H22N6O4/c1-9(2)13(22-8-11(19-20-22)15-18-4-5-26-15)16(25)21-7-10(23)6-12(21)14(24)17-3/h4-5,8-10,12-13,23H,6-7H2,1-3H3,(H,17,24)/t10?,12?,13-/m0/s1. The van der Waals surface area contributed by atoms with Gasteiger partial charge in [0.05, 0.1) is 18.5 Å². The number of amides is 2. The van der Waals surface area contributed by atoms with Gasteiger partial charge in [0, 0.05) is 20.0 Å². The zero-order chi connectivity index (χ0) is 18.8. The fourth-order valence-corrected chi connectivity index (χ4v) is 3.21. The lowest BCUT2D eigenvalue weighted by Crippen LogP contribution is -2.48. The predicted molar refractivity (Wildman–Crippen MR) is 89.6 cm³/mol. The third-order valence-corrected chi connectivity index (χ3v) is 4.44. The van der Waals surface area contributed by atoms with Crippen LogP contribution in [0, 0.1) is 5.92 Å². The first-order chi connectivity index (χ1) is 12.4. The number of hydrogen-bond acceptors (Lipinski definition) is 7. The third kappa shape index (κ3) is 3.32. The third-order valence-electron chi connectivity index (χ3n) is 4.44. The fraction of sp³-hybridized carbons (Fsp3) is 0.562. The number of rotatable bonds is 5. The summed E-state index contributed by atoms with van der Waals surface area (Å²) in [5.74, 6) is -0.374. The number of likely N-dealkylation sites (tertiary alicyclic amines) is 1. The Hall–Kier alpha value is -2.75. The minimum Gasteiger partial charge on any atom is -0.443 e. The van der Waals surface area contributed by atoms with Crippen LogP contribution in [-0.2, 0) is 9.59 Å². The van der Waals surface area contributed by atoms with Gasteiger partial charge in [-0.25, -0.2) is 9.67 Å². The summed E-state index contributed by atoms with van der Waals surface area (Å²) < 4.78 is 6.66. The van der Waals surface area contributed by atoms with E-state index in [1.54, 1.807) is 6.20 Å². The topological polar surface area (TPSA) is 126 Å². The van der Waals surface area contributed by atoms with Crippen molar-refractivity contribution >= 4 is 11.8 Å². The summed E-state index contributed by atoms with van der Waals surface area (Å²) in [6, 6.07) is -1.36. The average molecular weight is 362 g/mol. The molecule has 1 fully saturated rings. The maximum Gasteiger partial charge on any atom is 0.248 e. The Labute approximate surface area is 150 Å². The van der Waals surface area contributed by atoms with E-state index in [4.69, 9.17) is 4.42 Å². The van der Waals surface area contributed by atoms with Crippen LogP contribution in [0.2, 0.25) is 0 Å². The molecule has 10 heteroatoms. The molecule has 26 heavy (non-hydrogen) atoms. The number of nitrogens with one attached hydrogen (secondary N) is 1. The second-order valence-corrected chi connectivity index (χ2v) is 6.62. The van der Waals surface area contributed by atoms with E-state index in [0.717, 1.165) is 0 Å². The molecular formula is C16H22N6O4. The number of nitrogens with zero attached hydrogens (tertiary/aromatic N) is 5. The van der Waals surface area contributed by atoms with Crippen molar-refractivity contribution in [3.05, 3.63) is 18.7 Å². The number of carbonyl (C=O) groups excluding carboxylic acids is 2. The van der Waals surface area contributed by atoms with Gasteiger partial charge in [-0.3, -0.25) is 9.59 Å². The van der Waals surface area contributed by atoms with Gasteiger partial charge < -0.3 is 19.7 Å². The summed E-state index contributed by atoms with van der Waals surface area (Å²) in [4.78, 5) is 30.7. The van der Waals surface area contributed by atoms with Crippen LogP contribution < -0.4 is 5.32 Å². The van der Waals surface area contributed by atoms with Crippen LogP contribution in [0.25, 0.3) is 11.6 Å². The monoisotopic (exact) mass is 362 g/mol. The van der Waals surface area contributed by atoms with Gasteiger partial charge in [-0.2, -0.15) is 0 Å². The summed E-state index contributed by atoms with van der Waals surface area (Å²) in [6.07, 6.45) is 4.01. The lowest BCUT2D eigenvalue weighted by atomic mass is 10.0. The van der Waals surface area contributed by atoms with Gasteiger partial charge in [-0.15, -0.1) is 5.10 Å². The predicted octanol–water partition coefficient (Wildman–Crippen LogP) is -0.162. The van der Waals surface area contributed by atoms with Crippen molar-refractivity contribution in [3.8, 4) is 11.6 Å². The van der Waals surface area contributed by atoms with Gasteiger partial charge >= 0.3 is 0 Å². The number of aliphatic hydroxyl groups is 1. The SMILES string of the molecule is CNC(=O)C1CC(O)CN1C(=O)[C@H](C(C)C)n1cc(-c2ncco2)nn1. The van der Waals surface area contributed by atoms with Crippen molar-refractivity contribution in [1.82, 2.24) is 30.2 Å². The number of likely N-dealkylation sites (N-methyl/N-ethyl adjacent to an activating group) is 1. The molecule has 2 amide bonds. The zero-order valence-corrected chi connectivity index (χ0v) is 14.9. The molecular weight excluding hydrogens is 340 g/mol. The Morgan fingerprint density at radius 1 is 1.42 bits per heavy atom. The highest BCUT2D eigenvalue weighted by atomic mass is 16.3. The molecule has 0 bridgehead atoms. The molecule has 3 rings (SSSR count). The lowest BCUT2D eigenvalue weighted by Gasteiger charge is -2.29. The molecule has 0 spiro atoms. The van der Waals surface area contributed by atoms with Crippen LogP contribution in [0.1, 0.15) is 26.3 Å². The summed E-state index contributed by atoms with van der Waals surface area (Å²) in [6.45, 7) is 3.88. The van der Waals surface area contributed by atoms with Crippen LogP contribution in [-0.4, -0.2) is 67.5 Å². The Morgan fingerprint density at radius 3 is 2.81 bits per heavy atom. The van der Waals surface area contributed by atoms with Gasteiger partial charge in [0.1, 0.15) is 18.3 Å². The van der Waals surface area contributed by atoms with Crippen LogP contribution in [0.4, 0.5) is 0 Å². The smallest absolute Gasteiger partial charge is 0.248 e. The summed E-state index contributed by atoms with van der Waals surface area (Å²) >= 11 is 0. The van der Waals surface area contributed by atoms with Crippen molar-refractivity contribution in [2.24, 2.45) is 5.92 Å². The van der Waals surface area contributed by atoms with Crippen molar-refractivity contribution < 1.29 is 19.1 Å². The maximum atomic E-state index is 13.2. The molecule has 0 aliphatic carbocycles. The molecule has 2 aromatic heterocycles. The minimum absolute atomic E-state index is 0.107. The number of hydrogen-bond donors (Lipinski definition) is 2. The van der Waals surface area contributed by atoms with E-state index in [1.165, 1.54) is 29.1 Å². The van der Waals surface area contributed by atoms with Crippen LogP contribution in [0.15, 0.2) is 23.1 Å². The molecule has 140 valence electrons. The van der Waals surface area contributed by atoms with Gasteiger partial charge in [-0.05, 0) is 5.92 Å². The molecule has 0 radical (unpaired) electrons. The van der Waals surface area contributed by atoms with Crippen LogP contribution in [0.5, 0.6) is 0 Å². The van der Waals surface area contributed by atoms with Gasteiger partial charge in [0.15, 0.2) is 5.69 Å². The van der Waals surface area contributed by atoms with Crippen LogP contribution in [0.3, 0.4) is 0 Å². The maximum absolute atomic E-state index is 13.2. The Morgan fingerprint density at radius 2 is 2.19 bits per heavy atom. The van der Waals surface area contributed by atoms with E-state index in [0.29, 0.717) is 11.6 Å². The largest absolute Gasteiger partial charge is 0.443 e. The van der Waals surface area contributed by atoms with E-state index in [-0.39, 0.29) is 30.7 Å². The quantitative estimate of drug-likeness (QED) is 0.756. The second-order valence-electron chi connectivity index (χ2n) is 6.62. The Kier molecular flexibility index (Phi) is 5.03. The fourth-order valence-electron chi connectivity index (χ4n) is 3.21. The summed E-state index contributed by atoms with van der Waals surface area (Å²) in [5.41, 5.74) is 0.415. The van der Waals surface area contributed by atoms with Gasteiger partial charge in [0.25, 0.3) is 0 Å². The number of oxazole rings is 1. The molecule has 10 nitrogen and oxygen atoms in total. The van der Waals surface area contributed by atoms with E-state index < -0.39 is 18.2 Å². The molecule has 1 aliphatic heterocycles. The number of aliphatic hydroxyl groups excluding tert-OH is 1. The first-order valence-corrected chi connectivity index (χ1v) is 8.44. The van der Waals surface area contributed by atoms with Crippen molar-refractivity contribution in [1.29, 1.82) is 0 Å². The Bertz CT molecular complexity index is 772. The Balaban J connectivity index is 1.88. The highest BCUT2D eigenvalue weighted by Crippen LogP contribution is 2.27. The highest BCUT2D eigenvalue weighted by molar-refractivity contribution is 5.89. The number of β-amino-alcohol motifs (C(OH)–C–C–N with tert-alkyl or cyclic N) is 1. The molecule has 2 unspecified atom stereocenters.